The fraction of sp³-hybridized carbons (Fsp3) is 0.324. The number of benzene rings is 4. The van der Waals surface area contributed by atoms with Gasteiger partial charge in [-0.25, -0.2) is 0 Å². The number of aryl methyl sites for hydroxylation is 1. The molecular weight excluding hydrogens is 472 g/mol. The molecule has 8 rings (SSSR count). The summed E-state index contributed by atoms with van der Waals surface area (Å²) in [4.78, 5) is 5.07. The molecule has 39 heavy (non-hydrogen) atoms. The second-order valence-electron chi connectivity index (χ2n) is 13.5. The summed E-state index contributed by atoms with van der Waals surface area (Å²) in [5, 5.41) is 9.24. The van der Waals surface area contributed by atoms with Crippen molar-refractivity contribution in [3.8, 4) is 0 Å². The van der Waals surface area contributed by atoms with Crippen molar-refractivity contribution >= 4 is 59.8 Å². The zero-order valence-electron chi connectivity index (χ0n) is 23.6. The molecule has 4 aromatic carbocycles. The van der Waals surface area contributed by atoms with Gasteiger partial charge in [0, 0.05) is 27.7 Å². The van der Waals surface area contributed by atoms with Gasteiger partial charge in [-0.15, -0.1) is 0 Å². The van der Waals surface area contributed by atoms with Crippen LogP contribution in [0.3, 0.4) is 0 Å². The van der Waals surface area contributed by atoms with E-state index in [-0.39, 0.29) is 5.41 Å². The number of hydrogen-bond acceptors (Lipinski definition) is 1. The molecule has 2 heteroatoms. The van der Waals surface area contributed by atoms with Gasteiger partial charge < -0.3 is 4.40 Å². The molecule has 3 aromatic heterocycles. The number of fused-ring (bicyclic) bond motifs is 7. The van der Waals surface area contributed by atoms with Gasteiger partial charge in [0.2, 0.25) is 0 Å². The minimum atomic E-state index is 0.152. The Morgan fingerprint density at radius 3 is 2.41 bits per heavy atom. The molecule has 1 aliphatic rings. The number of hydrogen-bond donors (Lipinski definition) is 0. The standard InChI is InChI=1S/C37H36N2/c1-22-9-12-27-26(17-22)20-30-34-33-25(15-16-38-34)11-14-29-28-13-10-24(18-23-7-5-6-8-23)19-32(28)39(36(29)33)35(30)31(27)21-37(2,3)4/h9-17,19-20,23H,5-8,18,21H2,1-4H3. The zero-order chi connectivity index (χ0) is 26.5. The summed E-state index contributed by atoms with van der Waals surface area (Å²) in [6.45, 7) is 9.30. The van der Waals surface area contributed by atoms with Crippen LogP contribution in [0.1, 0.15) is 63.1 Å². The minimum absolute atomic E-state index is 0.152. The highest BCUT2D eigenvalue weighted by atomic mass is 14.9. The lowest BCUT2D eigenvalue weighted by Gasteiger charge is -2.23. The van der Waals surface area contributed by atoms with E-state index in [0.717, 1.165) is 17.9 Å². The molecule has 0 N–H and O–H groups in total. The summed E-state index contributed by atoms with van der Waals surface area (Å²) in [5.41, 5.74) is 9.55. The monoisotopic (exact) mass is 508 g/mol. The van der Waals surface area contributed by atoms with Gasteiger partial charge in [-0.05, 0) is 76.6 Å². The van der Waals surface area contributed by atoms with Gasteiger partial charge in [0.1, 0.15) is 0 Å². The number of rotatable bonds is 3. The van der Waals surface area contributed by atoms with Crippen LogP contribution < -0.4 is 0 Å². The molecule has 7 aromatic rings. The molecule has 0 spiro atoms. The summed E-state index contributed by atoms with van der Waals surface area (Å²) in [7, 11) is 0. The SMILES string of the molecule is Cc1ccc2c(CC(C)(C)C)c3c(cc2c1)c1nccc2ccc4c5ccc(CC6CCCC6)cc5n3c4c21. The molecule has 0 saturated heterocycles. The van der Waals surface area contributed by atoms with E-state index < -0.39 is 0 Å². The maximum absolute atomic E-state index is 5.07. The minimum Gasteiger partial charge on any atom is -0.308 e. The highest BCUT2D eigenvalue weighted by Crippen LogP contribution is 2.44. The van der Waals surface area contributed by atoms with Gasteiger partial charge in [0.15, 0.2) is 0 Å². The Bertz CT molecular complexity index is 2060. The van der Waals surface area contributed by atoms with E-state index in [0.29, 0.717) is 0 Å². The Kier molecular flexibility index (Phi) is 4.88. The van der Waals surface area contributed by atoms with Crippen LogP contribution in [0.5, 0.6) is 0 Å². The molecule has 3 heterocycles. The molecule has 0 atom stereocenters. The first-order valence-corrected chi connectivity index (χ1v) is 14.8. The van der Waals surface area contributed by atoms with E-state index in [1.165, 1.54) is 103 Å². The lowest BCUT2D eigenvalue weighted by Crippen LogP contribution is -2.11. The first-order valence-electron chi connectivity index (χ1n) is 14.8. The second kappa shape index (κ2) is 8.18. The van der Waals surface area contributed by atoms with Crippen LogP contribution in [0, 0.1) is 18.3 Å². The van der Waals surface area contributed by atoms with Crippen molar-refractivity contribution in [1.82, 2.24) is 9.38 Å². The Morgan fingerprint density at radius 1 is 0.795 bits per heavy atom. The average Bonchev–Trinajstić information content (AvgIpc) is 3.53. The van der Waals surface area contributed by atoms with E-state index in [1.54, 1.807) is 0 Å². The molecule has 1 aliphatic carbocycles. The molecule has 0 bridgehead atoms. The molecule has 2 nitrogen and oxygen atoms in total. The molecule has 0 radical (unpaired) electrons. The fourth-order valence-corrected chi connectivity index (χ4v) is 7.66. The lowest BCUT2D eigenvalue weighted by atomic mass is 9.84. The van der Waals surface area contributed by atoms with Gasteiger partial charge in [-0.1, -0.05) is 94.5 Å². The first-order chi connectivity index (χ1) is 18.9. The van der Waals surface area contributed by atoms with Gasteiger partial charge in [0.25, 0.3) is 0 Å². The third kappa shape index (κ3) is 3.50. The van der Waals surface area contributed by atoms with Crippen LogP contribution in [-0.4, -0.2) is 9.38 Å². The van der Waals surface area contributed by atoms with Crippen molar-refractivity contribution in [2.45, 2.75) is 66.2 Å². The van der Waals surface area contributed by atoms with Gasteiger partial charge >= 0.3 is 0 Å². The van der Waals surface area contributed by atoms with Crippen LogP contribution in [-0.2, 0) is 12.8 Å². The molecule has 0 aliphatic heterocycles. The second-order valence-corrected chi connectivity index (χ2v) is 13.5. The number of pyridine rings is 2. The number of nitrogens with zero attached hydrogens (tertiary/aromatic N) is 2. The maximum Gasteiger partial charge on any atom is 0.0823 e. The maximum atomic E-state index is 5.07. The largest absolute Gasteiger partial charge is 0.308 e. The van der Waals surface area contributed by atoms with E-state index >= 15 is 0 Å². The van der Waals surface area contributed by atoms with E-state index in [4.69, 9.17) is 4.98 Å². The predicted molar refractivity (Wildman–Crippen MR) is 167 cm³/mol. The van der Waals surface area contributed by atoms with Crippen molar-refractivity contribution in [2.75, 3.05) is 0 Å². The number of aromatic nitrogens is 2. The van der Waals surface area contributed by atoms with Gasteiger partial charge in [-0.2, -0.15) is 0 Å². The third-order valence-electron chi connectivity index (χ3n) is 9.28. The van der Waals surface area contributed by atoms with E-state index in [1.807, 2.05) is 6.20 Å². The molecule has 1 fully saturated rings. The van der Waals surface area contributed by atoms with Crippen molar-refractivity contribution in [3.05, 3.63) is 83.6 Å². The molecule has 0 unspecified atom stereocenters. The van der Waals surface area contributed by atoms with Crippen LogP contribution in [0.15, 0.2) is 66.9 Å². The Morgan fingerprint density at radius 2 is 1.59 bits per heavy atom. The Hall–Kier alpha value is -3.65. The Labute approximate surface area is 230 Å². The highest BCUT2D eigenvalue weighted by Gasteiger charge is 2.24. The Balaban J connectivity index is 1.60. The third-order valence-corrected chi connectivity index (χ3v) is 9.28. The summed E-state index contributed by atoms with van der Waals surface area (Å²) in [6, 6.07) is 23.5. The zero-order valence-corrected chi connectivity index (χ0v) is 23.6. The smallest absolute Gasteiger partial charge is 0.0823 e. The van der Waals surface area contributed by atoms with Crippen molar-refractivity contribution in [2.24, 2.45) is 11.3 Å². The summed E-state index contributed by atoms with van der Waals surface area (Å²) >= 11 is 0. The fourth-order valence-electron chi connectivity index (χ4n) is 7.66. The summed E-state index contributed by atoms with van der Waals surface area (Å²) in [5.74, 6) is 0.834. The molecular formula is C37H36N2. The van der Waals surface area contributed by atoms with E-state index in [2.05, 4.69) is 92.8 Å². The lowest BCUT2D eigenvalue weighted by molar-refractivity contribution is 0.413. The van der Waals surface area contributed by atoms with Crippen LogP contribution >= 0.6 is 0 Å². The van der Waals surface area contributed by atoms with Crippen molar-refractivity contribution in [3.63, 3.8) is 0 Å². The van der Waals surface area contributed by atoms with Crippen molar-refractivity contribution in [1.29, 1.82) is 0 Å². The molecule has 194 valence electrons. The predicted octanol–water partition coefficient (Wildman–Crippen LogP) is 10.2. The topological polar surface area (TPSA) is 17.3 Å². The van der Waals surface area contributed by atoms with Crippen molar-refractivity contribution < 1.29 is 0 Å². The highest BCUT2D eigenvalue weighted by molar-refractivity contribution is 6.28. The van der Waals surface area contributed by atoms with Crippen LogP contribution in [0.2, 0.25) is 0 Å². The first kappa shape index (κ1) is 23.3. The van der Waals surface area contributed by atoms with Gasteiger partial charge in [0.05, 0.1) is 22.1 Å². The average molecular weight is 509 g/mol. The summed E-state index contributed by atoms with van der Waals surface area (Å²) in [6.07, 6.45) is 9.75. The van der Waals surface area contributed by atoms with Crippen LogP contribution in [0.4, 0.5) is 0 Å². The molecule has 0 amide bonds. The molecule has 1 saturated carbocycles. The quantitative estimate of drug-likeness (QED) is 0.171. The summed E-state index contributed by atoms with van der Waals surface area (Å²) < 4.78 is 2.63. The van der Waals surface area contributed by atoms with Gasteiger partial charge in [-0.3, -0.25) is 4.98 Å². The normalized spacial score (nSPS) is 15.4. The van der Waals surface area contributed by atoms with E-state index in [9.17, 15) is 0 Å². The van der Waals surface area contributed by atoms with Crippen LogP contribution in [0.25, 0.3) is 59.8 Å².